The van der Waals surface area contributed by atoms with Crippen molar-refractivity contribution < 1.29 is 18.4 Å². The Morgan fingerprint density at radius 1 is 0.786 bits per heavy atom. The first-order valence-electron chi connectivity index (χ1n) is 8.79. The maximum absolute atomic E-state index is 13.6. The van der Waals surface area contributed by atoms with Gasteiger partial charge in [0.05, 0.1) is 0 Å². The lowest BCUT2D eigenvalue weighted by Gasteiger charge is -2.07. The summed E-state index contributed by atoms with van der Waals surface area (Å²) < 4.78 is 27.2. The van der Waals surface area contributed by atoms with Crippen LogP contribution in [0.15, 0.2) is 60.7 Å². The maximum atomic E-state index is 13.6. The van der Waals surface area contributed by atoms with Crippen LogP contribution in [0, 0.1) is 25.5 Å². The largest absolute Gasteiger partial charge is 0.322 e. The summed E-state index contributed by atoms with van der Waals surface area (Å²) in [7, 11) is 0. The summed E-state index contributed by atoms with van der Waals surface area (Å²) >= 11 is 0. The van der Waals surface area contributed by atoms with Gasteiger partial charge in [-0.15, -0.1) is 0 Å². The SMILES string of the molecule is Cc1ccc(CC(=O)c2ccc(C(=O)Nc3ccc(C)c(F)c3)cc2)cc1F. The van der Waals surface area contributed by atoms with Crippen molar-refractivity contribution in [2.24, 2.45) is 0 Å². The van der Waals surface area contributed by atoms with E-state index in [2.05, 4.69) is 5.32 Å². The average Bonchev–Trinajstić information content (AvgIpc) is 2.67. The lowest BCUT2D eigenvalue weighted by molar-refractivity contribution is 0.0989. The van der Waals surface area contributed by atoms with Crippen LogP contribution in [0.1, 0.15) is 37.4 Å². The number of carbonyl (C=O) groups excluding carboxylic acids is 2. The molecule has 142 valence electrons. The van der Waals surface area contributed by atoms with Gasteiger partial charge >= 0.3 is 0 Å². The van der Waals surface area contributed by atoms with Crippen LogP contribution < -0.4 is 5.32 Å². The van der Waals surface area contributed by atoms with Crippen molar-refractivity contribution in [2.75, 3.05) is 5.32 Å². The third-order valence-electron chi connectivity index (χ3n) is 4.50. The highest BCUT2D eigenvalue weighted by Gasteiger charge is 2.11. The Kier molecular flexibility index (Phi) is 5.64. The molecule has 1 N–H and O–H groups in total. The zero-order chi connectivity index (χ0) is 20.3. The number of benzene rings is 3. The number of anilines is 1. The van der Waals surface area contributed by atoms with E-state index in [-0.39, 0.29) is 18.0 Å². The molecule has 3 aromatic carbocycles. The normalized spacial score (nSPS) is 10.6. The minimum atomic E-state index is -0.400. The third-order valence-corrected chi connectivity index (χ3v) is 4.50. The Bertz CT molecular complexity index is 958. The van der Waals surface area contributed by atoms with Gasteiger partial charge in [-0.1, -0.05) is 30.3 Å². The number of aryl methyl sites for hydroxylation is 2. The molecule has 3 nitrogen and oxygen atoms in total. The number of halogens is 2. The highest BCUT2D eigenvalue weighted by molar-refractivity contribution is 6.05. The van der Waals surface area contributed by atoms with E-state index in [4.69, 9.17) is 0 Å². The Morgan fingerprint density at radius 2 is 1.36 bits per heavy atom. The summed E-state index contributed by atoms with van der Waals surface area (Å²) in [6, 6.07) is 15.3. The number of carbonyl (C=O) groups is 2. The Balaban J connectivity index is 1.67. The lowest BCUT2D eigenvalue weighted by Crippen LogP contribution is -2.12. The summed E-state index contributed by atoms with van der Waals surface area (Å²) in [6.07, 6.45) is 0.0748. The minimum Gasteiger partial charge on any atom is -0.322 e. The second-order valence-electron chi connectivity index (χ2n) is 6.68. The van der Waals surface area contributed by atoms with Crippen molar-refractivity contribution in [1.82, 2.24) is 0 Å². The molecule has 0 aromatic heterocycles. The van der Waals surface area contributed by atoms with Gasteiger partial charge in [-0.25, -0.2) is 8.78 Å². The van der Waals surface area contributed by atoms with Crippen molar-refractivity contribution >= 4 is 17.4 Å². The summed E-state index contributed by atoms with van der Waals surface area (Å²) in [5.74, 6) is -1.31. The molecule has 0 unspecified atom stereocenters. The van der Waals surface area contributed by atoms with E-state index in [0.717, 1.165) is 0 Å². The van der Waals surface area contributed by atoms with Crippen LogP contribution in [0.2, 0.25) is 0 Å². The second kappa shape index (κ2) is 8.13. The number of rotatable bonds is 5. The molecule has 1 amide bonds. The summed E-state index contributed by atoms with van der Waals surface area (Å²) in [5.41, 5.74) is 2.75. The van der Waals surface area contributed by atoms with Crippen molar-refractivity contribution in [3.8, 4) is 0 Å². The number of amides is 1. The quantitative estimate of drug-likeness (QED) is 0.615. The highest BCUT2D eigenvalue weighted by atomic mass is 19.1. The predicted octanol–water partition coefficient (Wildman–Crippen LogP) is 5.26. The van der Waals surface area contributed by atoms with Crippen molar-refractivity contribution in [2.45, 2.75) is 20.3 Å². The topological polar surface area (TPSA) is 46.2 Å². The van der Waals surface area contributed by atoms with Gasteiger partial charge in [0.15, 0.2) is 5.78 Å². The van der Waals surface area contributed by atoms with Crippen LogP contribution in [-0.2, 0) is 6.42 Å². The monoisotopic (exact) mass is 379 g/mol. The fourth-order valence-corrected chi connectivity index (χ4v) is 2.72. The smallest absolute Gasteiger partial charge is 0.255 e. The van der Waals surface area contributed by atoms with E-state index in [1.807, 2.05) is 0 Å². The van der Waals surface area contributed by atoms with Crippen LogP contribution in [0.3, 0.4) is 0 Å². The first-order chi connectivity index (χ1) is 13.3. The molecule has 3 rings (SSSR count). The van der Waals surface area contributed by atoms with Gasteiger partial charge in [-0.05, 0) is 60.9 Å². The van der Waals surface area contributed by atoms with Crippen LogP contribution in [-0.4, -0.2) is 11.7 Å². The number of hydrogen-bond acceptors (Lipinski definition) is 2. The molecule has 0 radical (unpaired) electrons. The van der Waals surface area contributed by atoms with Crippen LogP contribution in [0.4, 0.5) is 14.5 Å². The Labute approximate surface area is 162 Å². The number of hydrogen-bond donors (Lipinski definition) is 1. The van der Waals surface area contributed by atoms with E-state index in [0.29, 0.717) is 33.5 Å². The van der Waals surface area contributed by atoms with E-state index in [9.17, 15) is 18.4 Å². The zero-order valence-electron chi connectivity index (χ0n) is 15.6. The van der Waals surface area contributed by atoms with Gasteiger partial charge in [0.2, 0.25) is 0 Å². The fraction of sp³-hybridized carbons (Fsp3) is 0.130. The lowest BCUT2D eigenvalue weighted by atomic mass is 10.0. The first-order valence-corrected chi connectivity index (χ1v) is 8.79. The molecule has 28 heavy (non-hydrogen) atoms. The molecule has 5 heteroatoms. The molecule has 0 aliphatic carbocycles. The van der Waals surface area contributed by atoms with E-state index in [1.54, 1.807) is 50.2 Å². The maximum Gasteiger partial charge on any atom is 0.255 e. The molecule has 0 bridgehead atoms. The molecule has 0 atom stereocenters. The molecular weight excluding hydrogens is 360 g/mol. The zero-order valence-corrected chi connectivity index (χ0v) is 15.6. The summed E-state index contributed by atoms with van der Waals surface area (Å²) in [5, 5.41) is 2.62. The summed E-state index contributed by atoms with van der Waals surface area (Å²) in [4.78, 5) is 24.7. The van der Waals surface area contributed by atoms with Crippen molar-refractivity contribution in [3.63, 3.8) is 0 Å². The van der Waals surface area contributed by atoms with E-state index < -0.39 is 11.7 Å². The predicted molar refractivity (Wildman–Crippen MR) is 105 cm³/mol. The fourth-order valence-electron chi connectivity index (χ4n) is 2.72. The van der Waals surface area contributed by atoms with E-state index in [1.165, 1.54) is 24.3 Å². The first kappa shape index (κ1) is 19.4. The molecule has 0 fully saturated rings. The molecular formula is C23H19F2NO2. The Morgan fingerprint density at radius 3 is 1.96 bits per heavy atom. The molecule has 0 saturated heterocycles. The van der Waals surface area contributed by atoms with Crippen LogP contribution in [0.25, 0.3) is 0 Å². The van der Waals surface area contributed by atoms with Gasteiger partial charge in [0.1, 0.15) is 11.6 Å². The van der Waals surface area contributed by atoms with Crippen LogP contribution >= 0.6 is 0 Å². The van der Waals surface area contributed by atoms with Gasteiger partial charge < -0.3 is 5.32 Å². The van der Waals surface area contributed by atoms with Gasteiger partial charge in [0, 0.05) is 23.2 Å². The van der Waals surface area contributed by atoms with Crippen molar-refractivity contribution in [3.05, 3.63) is 100 Å². The minimum absolute atomic E-state index is 0.0748. The average molecular weight is 379 g/mol. The van der Waals surface area contributed by atoms with Crippen molar-refractivity contribution in [1.29, 1.82) is 0 Å². The number of nitrogens with one attached hydrogen (secondary N) is 1. The molecule has 0 aliphatic heterocycles. The van der Waals surface area contributed by atoms with E-state index >= 15 is 0 Å². The molecule has 0 heterocycles. The molecule has 0 spiro atoms. The molecule has 0 aliphatic rings. The summed E-state index contributed by atoms with van der Waals surface area (Å²) in [6.45, 7) is 3.30. The standard InChI is InChI=1S/C23H19F2NO2/c1-14-3-5-16(11-20(14)24)12-22(27)17-6-8-18(9-7-17)23(28)26-19-10-4-15(2)21(25)13-19/h3-11,13H,12H2,1-2H3,(H,26,28). The number of Topliss-reactive ketones (excluding diaryl/α,β-unsaturated/α-hetero) is 1. The van der Waals surface area contributed by atoms with Crippen LogP contribution in [0.5, 0.6) is 0 Å². The molecule has 0 saturated carbocycles. The van der Waals surface area contributed by atoms with Gasteiger partial charge in [0.25, 0.3) is 5.91 Å². The van der Waals surface area contributed by atoms with Gasteiger partial charge in [-0.3, -0.25) is 9.59 Å². The number of ketones is 1. The third kappa shape index (κ3) is 4.49. The van der Waals surface area contributed by atoms with Gasteiger partial charge in [-0.2, -0.15) is 0 Å². The highest BCUT2D eigenvalue weighted by Crippen LogP contribution is 2.16. The molecule has 3 aromatic rings. The Hall–Kier alpha value is -3.34. The second-order valence-corrected chi connectivity index (χ2v) is 6.68.